The zero-order valence-electron chi connectivity index (χ0n) is 12.7. The van der Waals surface area contributed by atoms with Gasteiger partial charge in [0.2, 0.25) is 0 Å². The van der Waals surface area contributed by atoms with Gasteiger partial charge in [-0.05, 0) is 16.8 Å². The van der Waals surface area contributed by atoms with E-state index in [-0.39, 0.29) is 5.75 Å². The van der Waals surface area contributed by atoms with E-state index in [4.69, 9.17) is 9.84 Å². The highest BCUT2D eigenvalue weighted by Crippen LogP contribution is 2.27. The van der Waals surface area contributed by atoms with Crippen molar-refractivity contribution in [3.63, 3.8) is 0 Å². The van der Waals surface area contributed by atoms with Gasteiger partial charge in [-0.15, -0.1) is 0 Å². The van der Waals surface area contributed by atoms with Crippen molar-refractivity contribution in [2.24, 2.45) is 4.99 Å². The lowest BCUT2D eigenvalue weighted by atomic mass is 9.97. The molecule has 3 rings (SSSR count). The number of rotatable bonds is 3. The van der Waals surface area contributed by atoms with Crippen molar-refractivity contribution in [2.45, 2.75) is 30.6 Å². The summed E-state index contributed by atoms with van der Waals surface area (Å²) in [5.41, 5.74) is 0.436. The number of aliphatic hydroxyl groups excluding tert-OH is 4. The smallest absolute Gasteiger partial charge is 0.180 e. The fourth-order valence-corrected chi connectivity index (χ4v) is 2.82. The quantitative estimate of drug-likeness (QED) is 0.494. The average Bonchev–Trinajstić information content (AvgIpc) is 2.59. The summed E-state index contributed by atoms with van der Waals surface area (Å²) in [5, 5.41) is 50.7. The van der Waals surface area contributed by atoms with E-state index in [2.05, 4.69) is 4.99 Å². The Labute approximate surface area is 138 Å². The van der Waals surface area contributed by atoms with Crippen LogP contribution >= 0.6 is 0 Å². The second kappa shape index (κ2) is 6.84. The van der Waals surface area contributed by atoms with Crippen LogP contribution in [0.15, 0.2) is 41.4 Å². The molecule has 7 heteroatoms. The van der Waals surface area contributed by atoms with E-state index in [1.54, 1.807) is 6.07 Å². The number of hydrogen-bond acceptors (Lipinski definition) is 7. The van der Waals surface area contributed by atoms with E-state index >= 15 is 0 Å². The average molecular weight is 333 g/mol. The molecular formula is C17H19NO6. The number of phenols is 1. The number of nitrogens with zero attached hydrogens (tertiary/aromatic N) is 1. The molecule has 0 spiro atoms. The third-order valence-corrected chi connectivity index (χ3v) is 4.19. The number of fused-ring (bicyclic) bond motifs is 1. The normalized spacial score (nSPS) is 30.9. The van der Waals surface area contributed by atoms with Crippen molar-refractivity contribution in [3.8, 4) is 5.75 Å². The van der Waals surface area contributed by atoms with Crippen molar-refractivity contribution in [1.29, 1.82) is 0 Å². The second-order valence-electron chi connectivity index (χ2n) is 5.72. The first-order valence-electron chi connectivity index (χ1n) is 7.57. The van der Waals surface area contributed by atoms with Crippen molar-refractivity contribution < 1.29 is 30.3 Å². The number of aromatic hydroxyl groups is 1. The molecule has 0 radical (unpaired) electrons. The Morgan fingerprint density at radius 1 is 1.04 bits per heavy atom. The lowest BCUT2D eigenvalue weighted by Crippen LogP contribution is -2.57. The van der Waals surface area contributed by atoms with E-state index < -0.39 is 37.3 Å². The van der Waals surface area contributed by atoms with Crippen LogP contribution in [0, 0.1) is 0 Å². The molecular weight excluding hydrogens is 314 g/mol. The SMILES string of the molecule is OC[C@H]1OC(O)[C@H](N=Cc2c(O)ccc3ccccc23)[C@@H](O)[C@@H]1O. The van der Waals surface area contributed by atoms with Crippen LogP contribution in [0.3, 0.4) is 0 Å². The fraction of sp³-hybridized carbons (Fsp3) is 0.353. The highest BCUT2D eigenvalue weighted by atomic mass is 16.6. The van der Waals surface area contributed by atoms with Crippen molar-refractivity contribution in [3.05, 3.63) is 42.0 Å². The molecule has 0 aliphatic carbocycles. The minimum atomic E-state index is -1.48. The number of aliphatic imine (C=N–C) groups is 1. The maximum absolute atomic E-state index is 10.1. The summed E-state index contributed by atoms with van der Waals surface area (Å²) in [6.07, 6.45) is -3.99. The van der Waals surface area contributed by atoms with Crippen LogP contribution in [-0.4, -0.2) is 69.0 Å². The van der Waals surface area contributed by atoms with Crippen LogP contribution < -0.4 is 0 Å². The molecule has 0 saturated carbocycles. The Bertz CT molecular complexity index is 749. The van der Waals surface area contributed by atoms with Gasteiger partial charge < -0.3 is 30.3 Å². The molecule has 1 aliphatic heterocycles. The maximum atomic E-state index is 10.1. The van der Waals surface area contributed by atoms with Gasteiger partial charge in [0.05, 0.1) is 6.61 Å². The van der Waals surface area contributed by atoms with Gasteiger partial charge >= 0.3 is 0 Å². The third kappa shape index (κ3) is 3.00. The zero-order chi connectivity index (χ0) is 17.3. The molecule has 0 bridgehead atoms. The van der Waals surface area contributed by atoms with Gasteiger partial charge in [0.1, 0.15) is 30.1 Å². The summed E-state index contributed by atoms with van der Waals surface area (Å²) >= 11 is 0. The summed E-state index contributed by atoms with van der Waals surface area (Å²) < 4.78 is 5.06. The molecule has 1 aliphatic rings. The lowest BCUT2D eigenvalue weighted by Gasteiger charge is -2.38. The molecule has 1 unspecified atom stereocenters. The highest BCUT2D eigenvalue weighted by Gasteiger charge is 2.43. The van der Waals surface area contributed by atoms with Gasteiger partial charge in [-0.3, -0.25) is 4.99 Å². The number of ether oxygens (including phenoxy) is 1. The molecule has 7 nitrogen and oxygen atoms in total. The summed E-state index contributed by atoms with van der Waals surface area (Å²) in [7, 11) is 0. The number of aliphatic hydroxyl groups is 4. The van der Waals surface area contributed by atoms with E-state index in [1.165, 1.54) is 12.3 Å². The predicted octanol–water partition coefficient (Wildman–Crippen LogP) is -0.236. The Morgan fingerprint density at radius 3 is 2.54 bits per heavy atom. The first-order valence-corrected chi connectivity index (χ1v) is 7.57. The Kier molecular flexibility index (Phi) is 4.79. The molecule has 5 N–H and O–H groups in total. The van der Waals surface area contributed by atoms with Crippen LogP contribution in [-0.2, 0) is 4.74 Å². The van der Waals surface area contributed by atoms with Gasteiger partial charge in [0.15, 0.2) is 6.29 Å². The largest absolute Gasteiger partial charge is 0.507 e. The Morgan fingerprint density at radius 2 is 1.79 bits per heavy atom. The topological polar surface area (TPSA) is 123 Å². The maximum Gasteiger partial charge on any atom is 0.180 e. The van der Waals surface area contributed by atoms with Crippen molar-refractivity contribution >= 4 is 17.0 Å². The van der Waals surface area contributed by atoms with E-state index in [1.807, 2.05) is 24.3 Å². The minimum Gasteiger partial charge on any atom is -0.507 e. The summed E-state index contributed by atoms with van der Waals surface area (Å²) in [6.45, 7) is -0.532. The molecule has 1 heterocycles. The number of benzene rings is 2. The summed E-state index contributed by atoms with van der Waals surface area (Å²) in [4.78, 5) is 4.09. The second-order valence-corrected chi connectivity index (χ2v) is 5.72. The predicted molar refractivity (Wildman–Crippen MR) is 87.0 cm³/mol. The van der Waals surface area contributed by atoms with E-state index in [9.17, 15) is 20.4 Å². The summed E-state index contributed by atoms with van der Waals surface area (Å²) in [6, 6.07) is 9.55. The minimum absolute atomic E-state index is 0.00643. The van der Waals surface area contributed by atoms with Gasteiger partial charge in [0.25, 0.3) is 0 Å². The van der Waals surface area contributed by atoms with Crippen LogP contribution in [0.2, 0.25) is 0 Å². The molecule has 1 fully saturated rings. The lowest BCUT2D eigenvalue weighted by molar-refractivity contribution is -0.248. The van der Waals surface area contributed by atoms with Gasteiger partial charge in [-0.2, -0.15) is 0 Å². The Balaban J connectivity index is 1.92. The molecule has 0 amide bonds. The van der Waals surface area contributed by atoms with E-state index in [0.29, 0.717) is 5.56 Å². The zero-order valence-corrected chi connectivity index (χ0v) is 12.7. The first kappa shape index (κ1) is 16.8. The molecule has 2 aromatic rings. The third-order valence-electron chi connectivity index (χ3n) is 4.19. The van der Waals surface area contributed by atoms with Crippen LogP contribution in [0.4, 0.5) is 0 Å². The number of hydrogen-bond donors (Lipinski definition) is 5. The van der Waals surface area contributed by atoms with Crippen molar-refractivity contribution in [2.75, 3.05) is 6.61 Å². The summed E-state index contributed by atoms with van der Waals surface area (Å²) in [5.74, 6) is 0.00643. The van der Waals surface area contributed by atoms with Gasteiger partial charge in [0, 0.05) is 11.8 Å². The van der Waals surface area contributed by atoms with Crippen LogP contribution in [0.5, 0.6) is 5.75 Å². The van der Waals surface area contributed by atoms with Crippen LogP contribution in [0.1, 0.15) is 5.56 Å². The first-order chi connectivity index (χ1) is 11.5. The Hall–Kier alpha value is -2.03. The molecule has 24 heavy (non-hydrogen) atoms. The highest BCUT2D eigenvalue weighted by molar-refractivity contribution is 6.02. The molecule has 2 aromatic carbocycles. The van der Waals surface area contributed by atoms with E-state index in [0.717, 1.165) is 10.8 Å². The van der Waals surface area contributed by atoms with Crippen LogP contribution in [0.25, 0.3) is 10.8 Å². The van der Waals surface area contributed by atoms with Crippen molar-refractivity contribution in [1.82, 2.24) is 0 Å². The molecule has 128 valence electrons. The van der Waals surface area contributed by atoms with Gasteiger partial charge in [-0.1, -0.05) is 30.3 Å². The monoisotopic (exact) mass is 333 g/mol. The fourth-order valence-electron chi connectivity index (χ4n) is 2.82. The van der Waals surface area contributed by atoms with Gasteiger partial charge in [-0.25, -0.2) is 0 Å². The standard InChI is InChI=1S/C17H19NO6/c19-8-13-15(21)16(22)14(17(23)24-13)18-7-11-10-4-2-1-3-9(10)5-6-12(11)20/h1-7,13-17,19-23H,8H2/t13-,14-,15-,16-,17?/m1/s1. The molecule has 5 atom stereocenters. The molecule has 1 saturated heterocycles. The number of phenolic OH excluding ortho intramolecular Hbond substituents is 1. The molecule has 0 aromatic heterocycles.